The Bertz CT molecular complexity index is 1450. The van der Waals surface area contributed by atoms with Crippen LogP contribution in [0.4, 0.5) is 14.5 Å². The Hall–Kier alpha value is -4.29. The molecule has 0 saturated heterocycles. The fourth-order valence-electron chi connectivity index (χ4n) is 3.13. The predicted molar refractivity (Wildman–Crippen MR) is 122 cm³/mol. The number of nitrogens with zero attached hydrogens (tertiary/aromatic N) is 2. The lowest BCUT2D eigenvalue weighted by atomic mass is 10.1. The van der Waals surface area contributed by atoms with Gasteiger partial charge in [-0.05, 0) is 60.2 Å². The molecule has 4 rings (SSSR count). The van der Waals surface area contributed by atoms with E-state index in [9.17, 15) is 22.5 Å². The smallest absolute Gasteiger partial charge is 0.261 e. The molecule has 0 spiro atoms. The Labute approximate surface area is 195 Å². The van der Waals surface area contributed by atoms with Crippen molar-refractivity contribution in [2.24, 2.45) is 0 Å². The Morgan fingerprint density at radius 1 is 0.912 bits per heavy atom. The van der Waals surface area contributed by atoms with E-state index in [4.69, 9.17) is 4.74 Å². The molecule has 6 nitrogen and oxygen atoms in total. The average molecular weight is 477 g/mol. The van der Waals surface area contributed by atoms with Gasteiger partial charge in [-0.1, -0.05) is 30.3 Å². The second-order valence-electron chi connectivity index (χ2n) is 7.19. The standard InChI is InChI=1S/C25H17F2N3O3S/c26-20-10-6-17(7-11-20)16-33-25-19(15-28)14-23(24(29-25)18-8-12-21(27)13-9-18)30-34(31,32)22-4-2-1-3-5-22/h1-14,30H,16H2. The van der Waals surface area contributed by atoms with Crippen molar-refractivity contribution in [3.63, 3.8) is 0 Å². The SMILES string of the molecule is N#Cc1cc(NS(=O)(=O)c2ccccc2)c(-c2ccc(F)cc2)nc1OCc1ccc(F)cc1. The molecule has 0 fully saturated rings. The highest BCUT2D eigenvalue weighted by atomic mass is 32.2. The number of sulfonamides is 1. The summed E-state index contributed by atoms with van der Waals surface area (Å²) in [6.45, 7) is -0.0000922. The highest BCUT2D eigenvalue weighted by Gasteiger charge is 2.21. The fourth-order valence-corrected chi connectivity index (χ4v) is 4.21. The van der Waals surface area contributed by atoms with E-state index in [2.05, 4.69) is 9.71 Å². The molecule has 0 amide bonds. The van der Waals surface area contributed by atoms with Crippen molar-refractivity contribution >= 4 is 15.7 Å². The first-order valence-electron chi connectivity index (χ1n) is 10.0. The molecule has 1 heterocycles. The first-order valence-corrected chi connectivity index (χ1v) is 11.5. The zero-order valence-electron chi connectivity index (χ0n) is 17.6. The number of benzene rings is 3. The van der Waals surface area contributed by atoms with Gasteiger partial charge in [0.05, 0.1) is 16.3 Å². The molecule has 1 N–H and O–H groups in total. The lowest BCUT2D eigenvalue weighted by Gasteiger charge is -2.15. The van der Waals surface area contributed by atoms with Crippen LogP contribution in [-0.2, 0) is 16.6 Å². The van der Waals surface area contributed by atoms with Crippen molar-refractivity contribution < 1.29 is 21.9 Å². The largest absolute Gasteiger partial charge is 0.472 e. The van der Waals surface area contributed by atoms with Crippen LogP contribution in [0, 0.1) is 23.0 Å². The molecular weight excluding hydrogens is 460 g/mol. The lowest BCUT2D eigenvalue weighted by Crippen LogP contribution is -2.14. The minimum Gasteiger partial charge on any atom is -0.472 e. The maximum Gasteiger partial charge on any atom is 0.261 e. The van der Waals surface area contributed by atoms with Crippen LogP contribution in [-0.4, -0.2) is 13.4 Å². The number of rotatable bonds is 7. The zero-order valence-corrected chi connectivity index (χ0v) is 18.4. The maximum atomic E-state index is 13.5. The third kappa shape index (κ3) is 5.19. The van der Waals surface area contributed by atoms with Gasteiger partial charge in [-0.25, -0.2) is 22.2 Å². The summed E-state index contributed by atoms with van der Waals surface area (Å²) in [7, 11) is -4.00. The minimum atomic E-state index is -4.00. The number of hydrogen-bond acceptors (Lipinski definition) is 5. The third-order valence-corrected chi connectivity index (χ3v) is 6.19. The Balaban J connectivity index is 1.76. The van der Waals surface area contributed by atoms with Gasteiger partial charge in [0.15, 0.2) is 0 Å². The van der Waals surface area contributed by atoms with Crippen LogP contribution in [0.5, 0.6) is 5.88 Å². The van der Waals surface area contributed by atoms with Crippen molar-refractivity contribution in [1.29, 1.82) is 5.26 Å². The molecule has 1 aromatic heterocycles. The average Bonchev–Trinajstić information content (AvgIpc) is 2.85. The van der Waals surface area contributed by atoms with Gasteiger partial charge in [0, 0.05) is 5.56 Å². The summed E-state index contributed by atoms with van der Waals surface area (Å²) in [5, 5.41) is 9.64. The molecule has 9 heteroatoms. The van der Waals surface area contributed by atoms with Gasteiger partial charge in [-0.3, -0.25) is 4.72 Å². The van der Waals surface area contributed by atoms with Crippen LogP contribution < -0.4 is 9.46 Å². The summed E-state index contributed by atoms with van der Waals surface area (Å²) in [4.78, 5) is 4.41. The van der Waals surface area contributed by atoms with E-state index in [1.165, 1.54) is 66.7 Å². The molecule has 4 aromatic rings. The molecule has 0 aliphatic rings. The van der Waals surface area contributed by atoms with Crippen molar-refractivity contribution in [2.45, 2.75) is 11.5 Å². The molecule has 0 radical (unpaired) electrons. The number of aromatic nitrogens is 1. The van der Waals surface area contributed by atoms with Gasteiger partial charge in [0.2, 0.25) is 5.88 Å². The van der Waals surface area contributed by atoms with Crippen LogP contribution in [0.15, 0.2) is 89.8 Å². The van der Waals surface area contributed by atoms with E-state index in [0.717, 1.165) is 0 Å². The monoisotopic (exact) mass is 477 g/mol. The van der Waals surface area contributed by atoms with Crippen LogP contribution in [0.25, 0.3) is 11.3 Å². The van der Waals surface area contributed by atoms with E-state index in [-0.39, 0.29) is 34.3 Å². The van der Waals surface area contributed by atoms with Crippen LogP contribution in [0.2, 0.25) is 0 Å². The number of hydrogen-bond donors (Lipinski definition) is 1. The highest BCUT2D eigenvalue weighted by molar-refractivity contribution is 7.92. The van der Waals surface area contributed by atoms with Gasteiger partial charge in [0.25, 0.3) is 10.0 Å². The van der Waals surface area contributed by atoms with Gasteiger partial charge >= 0.3 is 0 Å². The normalized spacial score (nSPS) is 11.0. The molecule has 34 heavy (non-hydrogen) atoms. The summed E-state index contributed by atoms with van der Waals surface area (Å²) < 4.78 is 60.7. The number of nitriles is 1. The Morgan fingerprint density at radius 3 is 2.15 bits per heavy atom. The summed E-state index contributed by atoms with van der Waals surface area (Å²) in [5.41, 5.74) is 1.21. The number of halogens is 2. The highest BCUT2D eigenvalue weighted by Crippen LogP contribution is 2.33. The molecule has 0 atom stereocenters. The van der Waals surface area contributed by atoms with Gasteiger partial charge in [-0.2, -0.15) is 5.26 Å². The fraction of sp³-hybridized carbons (Fsp3) is 0.0400. The van der Waals surface area contributed by atoms with Crippen LogP contribution >= 0.6 is 0 Å². The number of nitrogens with one attached hydrogen (secondary N) is 1. The van der Waals surface area contributed by atoms with Crippen molar-refractivity contribution in [2.75, 3.05) is 4.72 Å². The Morgan fingerprint density at radius 2 is 1.53 bits per heavy atom. The molecule has 0 unspecified atom stereocenters. The van der Waals surface area contributed by atoms with Gasteiger partial charge in [-0.15, -0.1) is 0 Å². The summed E-state index contributed by atoms with van der Waals surface area (Å²) >= 11 is 0. The summed E-state index contributed by atoms with van der Waals surface area (Å²) in [6.07, 6.45) is 0. The molecule has 0 aliphatic heterocycles. The van der Waals surface area contributed by atoms with Gasteiger partial charge < -0.3 is 4.74 Å². The maximum absolute atomic E-state index is 13.5. The topological polar surface area (TPSA) is 92.1 Å². The number of anilines is 1. The van der Waals surface area contributed by atoms with Crippen molar-refractivity contribution in [1.82, 2.24) is 4.98 Å². The molecule has 0 bridgehead atoms. The van der Waals surface area contributed by atoms with Crippen molar-refractivity contribution in [3.8, 4) is 23.2 Å². The van der Waals surface area contributed by atoms with E-state index >= 15 is 0 Å². The second kappa shape index (κ2) is 9.68. The van der Waals surface area contributed by atoms with Crippen molar-refractivity contribution in [3.05, 3.63) is 108 Å². The van der Waals surface area contributed by atoms with E-state index in [1.807, 2.05) is 6.07 Å². The molecular formula is C25H17F2N3O3S. The first-order chi connectivity index (χ1) is 16.4. The quantitative estimate of drug-likeness (QED) is 0.391. The van der Waals surface area contributed by atoms with Crippen LogP contribution in [0.3, 0.4) is 0 Å². The van der Waals surface area contributed by atoms with E-state index in [1.54, 1.807) is 18.2 Å². The molecule has 170 valence electrons. The number of ether oxygens (including phenoxy) is 1. The van der Waals surface area contributed by atoms with Crippen LogP contribution in [0.1, 0.15) is 11.1 Å². The molecule has 3 aromatic carbocycles. The summed E-state index contributed by atoms with van der Waals surface area (Å²) in [6, 6.07) is 21.9. The van der Waals surface area contributed by atoms with Gasteiger partial charge in [0.1, 0.15) is 29.9 Å². The number of pyridine rings is 1. The van der Waals surface area contributed by atoms with E-state index in [0.29, 0.717) is 11.1 Å². The minimum absolute atomic E-state index is 0.0000922. The third-order valence-electron chi connectivity index (χ3n) is 4.81. The second-order valence-corrected chi connectivity index (χ2v) is 8.87. The zero-order chi connectivity index (χ0) is 24.1. The Kier molecular flexibility index (Phi) is 6.52. The summed E-state index contributed by atoms with van der Waals surface area (Å²) in [5.74, 6) is -0.918. The lowest BCUT2D eigenvalue weighted by molar-refractivity contribution is 0.293. The molecule has 0 saturated carbocycles. The molecule has 0 aliphatic carbocycles. The first kappa shape index (κ1) is 22.9. The predicted octanol–water partition coefficient (Wildman–Crippen LogP) is 5.28. The van der Waals surface area contributed by atoms with E-state index < -0.39 is 21.7 Å².